The Morgan fingerprint density at radius 1 is 1.07 bits per heavy atom. The van der Waals surface area contributed by atoms with Gasteiger partial charge in [0.15, 0.2) is 0 Å². The predicted octanol–water partition coefficient (Wildman–Crippen LogP) is 3.84. The van der Waals surface area contributed by atoms with E-state index in [1.807, 2.05) is 68.5 Å². The third kappa shape index (κ3) is 9.55. The van der Waals surface area contributed by atoms with Gasteiger partial charge in [-0.05, 0) is 50.1 Å². The normalized spacial score (nSPS) is 12.1. The summed E-state index contributed by atoms with van der Waals surface area (Å²) in [6.07, 6.45) is 11.7. The van der Waals surface area contributed by atoms with E-state index in [0.29, 0.717) is 6.61 Å². The molecule has 0 aliphatic heterocycles. The summed E-state index contributed by atoms with van der Waals surface area (Å²) in [6.45, 7) is 6.68. The fourth-order valence-corrected chi connectivity index (χ4v) is 2.41. The molecule has 0 saturated heterocycles. The van der Waals surface area contributed by atoms with E-state index in [0.717, 1.165) is 23.4 Å². The van der Waals surface area contributed by atoms with E-state index in [2.05, 4.69) is 4.99 Å². The molecule has 0 saturated carbocycles. The third-order valence-electron chi connectivity index (χ3n) is 3.81. The number of esters is 2. The van der Waals surface area contributed by atoms with Gasteiger partial charge in [-0.3, -0.25) is 14.6 Å². The first-order valence-electron chi connectivity index (χ1n) is 9.62. The van der Waals surface area contributed by atoms with Crippen molar-refractivity contribution >= 4 is 29.9 Å². The monoisotopic (exact) mass is 398 g/mol. The molecule has 0 N–H and O–H groups in total. The zero-order chi connectivity index (χ0) is 21.5. The Hall–Kier alpha value is -3.15. The largest absolute Gasteiger partial charge is 0.468 e. The number of carbonyl (C=O) groups is 2. The van der Waals surface area contributed by atoms with Crippen molar-refractivity contribution in [1.29, 1.82) is 0 Å². The Morgan fingerprint density at radius 3 is 2.34 bits per heavy atom. The maximum Gasteiger partial charge on any atom is 0.325 e. The van der Waals surface area contributed by atoms with Gasteiger partial charge in [-0.25, -0.2) is 0 Å². The molecule has 0 unspecified atom stereocenters. The van der Waals surface area contributed by atoms with Crippen molar-refractivity contribution in [2.75, 3.05) is 38.3 Å². The topological polar surface area (TPSA) is 68.2 Å². The van der Waals surface area contributed by atoms with Gasteiger partial charge >= 0.3 is 11.9 Å². The molecule has 0 aromatic heterocycles. The lowest BCUT2D eigenvalue weighted by atomic mass is 10.1. The minimum atomic E-state index is -0.423. The number of nitrogens with zero attached hydrogens (tertiary/aromatic N) is 2. The fraction of sp³-hybridized carbons (Fsp3) is 0.348. The number of benzene rings is 1. The highest BCUT2D eigenvalue weighted by Crippen LogP contribution is 2.17. The van der Waals surface area contributed by atoms with Crippen LogP contribution in [0.15, 0.2) is 59.1 Å². The number of allylic oxidation sites excluding steroid dienone is 5. The van der Waals surface area contributed by atoms with Crippen LogP contribution in [-0.4, -0.2) is 51.5 Å². The van der Waals surface area contributed by atoms with Crippen LogP contribution in [0, 0.1) is 0 Å². The molecule has 0 radical (unpaired) electrons. The molecule has 29 heavy (non-hydrogen) atoms. The van der Waals surface area contributed by atoms with Gasteiger partial charge in [0, 0.05) is 18.4 Å². The summed E-state index contributed by atoms with van der Waals surface area (Å²) >= 11 is 0. The second kappa shape index (κ2) is 13.9. The van der Waals surface area contributed by atoms with E-state index in [1.54, 1.807) is 18.0 Å². The van der Waals surface area contributed by atoms with Crippen molar-refractivity contribution in [2.24, 2.45) is 4.99 Å². The number of aliphatic imine (C=N–C) groups is 1. The first kappa shape index (κ1) is 23.9. The van der Waals surface area contributed by atoms with E-state index >= 15 is 0 Å². The number of methoxy groups -OCH3 is 1. The van der Waals surface area contributed by atoms with Gasteiger partial charge in [-0.2, -0.15) is 0 Å². The van der Waals surface area contributed by atoms with Gasteiger partial charge in [-0.1, -0.05) is 36.4 Å². The summed E-state index contributed by atoms with van der Waals surface area (Å²) in [7, 11) is 1.32. The summed E-state index contributed by atoms with van der Waals surface area (Å²) in [5.74, 6) is -0.816. The molecule has 0 aliphatic rings. The second-order valence-electron chi connectivity index (χ2n) is 5.98. The Kier molecular flexibility index (Phi) is 11.5. The molecular weight excluding hydrogens is 368 g/mol. The number of ether oxygens (including phenoxy) is 2. The third-order valence-corrected chi connectivity index (χ3v) is 3.81. The van der Waals surface area contributed by atoms with Crippen LogP contribution in [-0.2, 0) is 19.1 Å². The van der Waals surface area contributed by atoms with Gasteiger partial charge < -0.3 is 14.4 Å². The maximum atomic E-state index is 11.9. The Labute approximate surface area is 173 Å². The highest BCUT2D eigenvalue weighted by molar-refractivity contribution is 5.81. The SMILES string of the molecule is C\C=C/C(/C=C/c1ccc(N(CC(=O)OC)CC(=O)OCC)cc1)=C\C=N\CC. The molecule has 0 amide bonds. The maximum absolute atomic E-state index is 11.9. The van der Waals surface area contributed by atoms with E-state index < -0.39 is 11.9 Å². The first-order chi connectivity index (χ1) is 14.0. The lowest BCUT2D eigenvalue weighted by Crippen LogP contribution is -2.35. The van der Waals surface area contributed by atoms with Crippen LogP contribution < -0.4 is 4.90 Å². The van der Waals surface area contributed by atoms with E-state index in [-0.39, 0.29) is 13.1 Å². The van der Waals surface area contributed by atoms with Gasteiger partial charge in [0.05, 0.1) is 13.7 Å². The number of hydrogen-bond acceptors (Lipinski definition) is 6. The molecule has 0 heterocycles. The van der Waals surface area contributed by atoms with Crippen LogP contribution in [0.5, 0.6) is 0 Å². The van der Waals surface area contributed by atoms with Crippen LogP contribution in [0.4, 0.5) is 5.69 Å². The lowest BCUT2D eigenvalue weighted by molar-refractivity contribution is -0.141. The molecule has 0 atom stereocenters. The van der Waals surface area contributed by atoms with Crippen LogP contribution in [0.25, 0.3) is 6.08 Å². The summed E-state index contributed by atoms with van der Waals surface area (Å²) < 4.78 is 9.72. The molecule has 0 bridgehead atoms. The zero-order valence-electron chi connectivity index (χ0n) is 17.6. The molecule has 0 spiro atoms. The smallest absolute Gasteiger partial charge is 0.325 e. The quantitative estimate of drug-likeness (QED) is 0.322. The molecule has 156 valence electrons. The van der Waals surface area contributed by atoms with Crippen LogP contribution in [0.3, 0.4) is 0 Å². The fourth-order valence-electron chi connectivity index (χ4n) is 2.41. The average molecular weight is 399 g/mol. The van der Waals surface area contributed by atoms with E-state index in [4.69, 9.17) is 9.47 Å². The van der Waals surface area contributed by atoms with Gasteiger partial charge in [-0.15, -0.1) is 0 Å². The molecule has 1 rings (SSSR count). The summed E-state index contributed by atoms with van der Waals surface area (Å²) in [6, 6.07) is 7.57. The highest BCUT2D eigenvalue weighted by Gasteiger charge is 2.16. The van der Waals surface area contributed by atoms with E-state index in [9.17, 15) is 9.59 Å². The highest BCUT2D eigenvalue weighted by atomic mass is 16.5. The van der Waals surface area contributed by atoms with Crippen LogP contribution in [0.2, 0.25) is 0 Å². The van der Waals surface area contributed by atoms with Gasteiger partial charge in [0.2, 0.25) is 0 Å². The van der Waals surface area contributed by atoms with Crippen molar-refractivity contribution in [2.45, 2.75) is 20.8 Å². The Bertz CT molecular complexity index is 762. The molecular formula is C23H30N2O4. The Morgan fingerprint density at radius 2 is 1.76 bits per heavy atom. The molecule has 1 aromatic rings. The lowest BCUT2D eigenvalue weighted by Gasteiger charge is -2.22. The van der Waals surface area contributed by atoms with Crippen molar-refractivity contribution in [3.05, 3.63) is 59.7 Å². The molecule has 6 nitrogen and oxygen atoms in total. The van der Waals surface area contributed by atoms with Crippen molar-refractivity contribution in [3.8, 4) is 0 Å². The summed E-state index contributed by atoms with van der Waals surface area (Å²) in [4.78, 5) is 29.4. The summed E-state index contributed by atoms with van der Waals surface area (Å²) in [5.41, 5.74) is 2.76. The second-order valence-corrected chi connectivity index (χ2v) is 5.98. The number of rotatable bonds is 11. The number of anilines is 1. The predicted molar refractivity (Wildman–Crippen MR) is 118 cm³/mol. The number of hydrogen-bond donors (Lipinski definition) is 0. The summed E-state index contributed by atoms with van der Waals surface area (Å²) in [5, 5.41) is 0. The molecule has 1 aromatic carbocycles. The molecule has 0 fully saturated rings. The van der Waals surface area contributed by atoms with Crippen molar-refractivity contribution in [1.82, 2.24) is 0 Å². The Balaban J connectivity index is 2.96. The first-order valence-corrected chi connectivity index (χ1v) is 9.62. The van der Waals surface area contributed by atoms with Gasteiger partial charge in [0.25, 0.3) is 0 Å². The molecule has 6 heteroatoms. The number of carbonyl (C=O) groups excluding carboxylic acids is 2. The van der Waals surface area contributed by atoms with E-state index in [1.165, 1.54) is 7.11 Å². The van der Waals surface area contributed by atoms with Crippen molar-refractivity contribution < 1.29 is 19.1 Å². The molecule has 0 aliphatic carbocycles. The van der Waals surface area contributed by atoms with Crippen molar-refractivity contribution in [3.63, 3.8) is 0 Å². The zero-order valence-corrected chi connectivity index (χ0v) is 17.6. The van der Waals surface area contributed by atoms with Crippen LogP contribution in [0.1, 0.15) is 26.3 Å². The minimum Gasteiger partial charge on any atom is -0.468 e. The van der Waals surface area contributed by atoms with Gasteiger partial charge in [0.1, 0.15) is 13.1 Å². The average Bonchev–Trinajstić information content (AvgIpc) is 2.72. The minimum absolute atomic E-state index is 0.0247. The van der Waals surface area contributed by atoms with Crippen LogP contribution >= 0.6 is 0 Å². The standard InChI is InChI=1S/C23H30N2O4/c1-5-8-19(15-16-24-6-2)9-10-20-11-13-21(14-12-20)25(17-22(26)28-4)18-23(27)29-7-3/h5,8-16H,6-7,17-18H2,1-4H3/b8-5-,10-9+,19-15+,24-16+.